The molecule has 3 amide bonds. The smallest absolute Gasteiger partial charge is 0.413 e. The zero-order valence-electron chi connectivity index (χ0n) is 27.2. The van der Waals surface area contributed by atoms with Crippen molar-refractivity contribution in [2.24, 2.45) is 0 Å². The van der Waals surface area contributed by atoms with Gasteiger partial charge in [0.1, 0.15) is 28.8 Å². The van der Waals surface area contributed by atoms with Gasteiger partial charge < -0.3 is 34.3 Å². The van der Waals surface area contributed by atoms with Gasteiger partial charge in [0.2, 0.25) is 5.91 Å². The first kappa shape index (κ1) is 33.2. The Morgan fingerprint density at radius 3 is 2.37 bits per heavy atom. The Bertz CT molecular complexity index is 1640. The van der Waals surface area contributed by atoms with E-state index in [2.05, 4.69) is 46.8 Å². The van der Waals surface area contributed by atoms with Gasteiger partial charge in [-0.25, -0.2) is 24.5 Å². The fraction of sp³-hybridized carbons (Fsp3) is 0.548. The molecule has 2 aliphatic rings. The lowest BCUT2D eigenvalue weighted by Crippen LogP contribution is -2.61. The molecule has 2 fully saturated rings. The van der Waals surface area contributed by atoms with Crippen LogP contribution < -0.4 is 25.6 Å². The molecule has 14 nitrogen and oxygen atoms in total. The van der Waals surface area contributed by atoms with E-state index in [1.54, 1.807) is 55.0 Å². The SMILES string of the molecule is COc1ccc(Br)c(Cn2cnc3c(NC(=O)OC(C)(C)C)ncnc32)c1N1CCC(NC(=O)OC(C)(C)C)(C(=O)NC2CC2)C1. The number of ether oxygens (including phenoxy) is 3. The Morgan fingerprint density at radius 1 is 1.02 bits per heavy atom. The van der Waals surface area contributed by atoms with Gasteiger partial charge in [0, 0.05) is 22.6 Å². The highest BCUT2D eigenvalue weighted by Gasteiger charge is 2.49. The van der Waals surface area contributed by atoms with E-state index in [9.17, 15) is 14.4 Å². The molecule has 3 N–H and O–H groups in total. The first-order valence-electron chi connectivity index (χ1n) is 15.2. The van der Waals surface area contributed by atoms with Crippen LogP contribution in [0.25, 0.3) is 11.2 Å². The van der Waals surface area contributed by atoms with Gasteiger partial charge in [-0.15, -0.1) is 0 Å². The summed E-state index contributed by atoms with van der Waals surface area (Å²) in [5, 5.41) is 8.65. The number of anilines is 2. The number of nitrogens with one attached hydrogen (secondary N) is 3. The van der Waals surface area contributed by atoms with Gasteiger partial charge in [0.25, 0.3) is 0 Å². The summed E-state index contributed by atoms with van der Waals surface area (Å²) < 4.78 is 19.4. The van der Waals surface area contributed by atoms with Crippen LogP contribution in [0.4, 0.5) is 21.1 Å². The predicted molar refractivity (Wildman–Crippen MR) is 175 cm³/mol. The molecular formula is C31H41BrN8O6. The Hall–Kier alpha value is -4.14. The fourth-order valence-electron chi connectivity index (χ4n) is 5.31. The predicted octanol–water partition coefficient (Wildman–Crippen LogP) is 4.74. The Kier molecular flexibility index (Phi) is 9.08. The van der Waals surface area contributed by atoms with E-state index < -0.39 is 28.9 Å². The molecule has 1 atom stereocenters. The minimum atomic E-state index is -1.22. The minimum Gasteiger partial charge on any atom is -0.495 e. The van der Waals surface area contributed by atoms with Crippen LogP contribution in [0.15, 0.2) is 29.3 Å². The van der Waals surface area contributed by atoms with Crippen molar-refractivity contribution in [2.45, 2.75) is 90.1 Å². The van der Waals surface area contributed by atoms with Crippen LogP contribution in [-0.4, -0.2) is 80.6 Å². The average molecular weight is 702 g/mol. The molecule has 2 aromatic heterocycles. The highest BCUT2D eigenvalue weighted by atomic mass is 79.9. The molecule has 0 spiro atoms. The lowest BCUT2D eigenvalue weighted by molar-refractivity contribution is -0.127. The van der Waals surface area contributed by atoms with Crippen molar-refractivity contribution in [1.29, 1.82) is 0 Å². The fourth-order valence-corrected chi connectivity index (χ4v) is 5.75. The molecule has 1 saturated carbocycles. The molecule has 5 rings (SSSR count). The topological polar surface area (TPSA) is 162 Å². The average Bonchev–Trinajstić information content (AvgIpc) is 3.50. The van der Waals surface area contributed by atoms with Crippen molar-refractivity contribution in [3.63, 3.8) is 0 Å². The highest BCUT2D eigenvalue weighted by Crippen LogP contribution is 2.41. The van der Waals surface area contributed by atoms with Crippen LogP contribution in [0.5, 0.6) is 5.75 Å². The van der Waals surface area contributed by atoms with Crippen LogP contribution >= 0.6 is 15.9 Å². The lowest BCUT2D eigenvalue weighted by Gasteiger charge is -2.32. The maximum atomic E-state index is 13.7. The summed E-state index contributed by atoms with van der Waals surface area (Å²) >= 11 is 3.72. The molecule has 1 aliphatic carbocycles. The molecule has 15 heteroatoms. The minimum absolute atomic E-state index is 0.112. The van der Waals surface area contributed by atoms with Crippen molar-refractivity contribution in [3.05, 3.63) is 34.8 Å². The number of halogens is 1. The molecule has 3 heterocycles. The number of hydrogen-bond donors (Lipinski definition) is 3. The number of nitrogens with zero attached hydrogens (tertiary/aromatic N) is 5. The number of rotatable bonds is 8. The number of methoxy groups -OCH3 is 1. The molecular weight excluding hydrogens is 660 g/mol. The summed E-state index contributed by atoms with van der Waals surface area (Å²) in [4.78, 5) is 54.3. The molecule has 0 radical (unpaired) electrons. The number of aromatic nitrogens is 4. The van der Waals surface area contributed by atoms with Gasteiger partial charge in [-0.05, 0) is 72.9 Å². The van der Waals surface area contributed by atoms with E-state index in [4.69, 9.17) is 14.2 Å². The Labute approximate surface area is 276 Å². The van der Waals surface area contributed by atoms with Gasteiger partial charge >= 0.3 is 12.2 Å². The molecule has 1 aliphatic heterocycles. The number of benzene rings is 1. The summed E-state index contributed by atoms with van der Waals surface area (Å²) in [5.41, 5.74) is -0.135. The van der Waals surface area contributed by atoms with Gasteiger partial charge in [-0.3, -0.25) is 10.1 Å². The van der Waals surface area contributed by atoms with Crippen molar-refractivity contribution in [2.75, 3.05) is 30.4 Å². The number of carbonyl (C=O) groups excluding carboxylic acids is 3. The van der Waals surface area contributed by atoms with Crippen LogP contribution in [-0.2, 0) is 20.8 Å². The number of hydrogen-bond acceptors (Lipinski definition) is 10. The highest BCUT2D eigenvalue weighted by molar-refractivity contribution is 9.10. The molecule has 0 bridgehead atoms. The third kappa shape index (κ3) is 7.62. The van der Waals surface area contributed by atoms with E-state index >= 15 is 0 Å². The van der Waals surface area contributed by atoms with E-state index in [1.165, 1.54) is 6.33 Å². The van der Waals surface area contributed by atoms with Crippen LogP contribution in [0.3, 0.4) is 0 Å². The third-order valence-corrected chi connectivity index (χ3v) is 8.17. The van der Waals surface area contributed by atoms with Crippen molar-refractivity contribution in [3.8, 4) is 5.75 Å². The number of imidazole rings is 1. The molecule has 3 aromatic rings. The zero-order chi connectivity index (χ0) is 33.4. The zero-order valence-corrected chi connectivity index (χ0v) is 28.8. The van der Waals surface area contributed by atoms with Gasteiger partial charge in [-0.2, -0.15) is 0 Å². The van der Waals surface area contributed by atoms with Crippen molar-refractivity contribution in [1.82, 2.24) is 30.2 Å². The molecule has 1 unspecified atom stereocenters. The second-order valence-electron chi connectivity index (χ2n) is 13.6. The molecule has 46 heavy (non-hydrogen) atoms. The Balaban J connectivity index is 1.47. The van der Waals surface area contributed by atoms with E-state index in [0.29, 0.717) is 36.4 Å². The standard InChI is InChI=1S/C31H41BrN8O6/c1-29(2,3)45-27(42)37-24-22-25(34-16-33-24)40(17-35-22)14-19-20(32)10-11-21(44-7)23(19)39-13-12-31(15-39,26(41)36-18-8-9-18)38-28(43)46-30(4,5)6/h10-11,16-18H,8-9,12-15H2,1-7H3,(H,36,41)(H,38,43)(H,33,34,37,42). The molecule has 1 saturated heterocycles. The van der Waals surface area contributed by atoms with Crippen LogP contribution in [0.1, 0.15) is 66.4 Å². The van der Waals surface area contributed by atoms with Gasteiger partial charge in [0.05, 0.1) is 32.2 Å². The van der Waals surface area contributed by atoms with E-state index in [-0.39, 0.29) is 24.3 Å². The van der Waals surface area contributed by atoms with E-state index in [1.807, 2.05) is 21.6 Å². The summed E-state index contributed by atoms with van der Waals surface area (Å²) in [6.45, 7) is 11.6. The molecule has 1 aromatic carbocycles. The summed E-state index contributed by atoms with van der Waals surface area (Å²) in [6.07, 6.45) is 3.87. The molecule has 248 valence electrons. The number of alkyl carbamates (subject to hydrolysis) is 1. The van der Waals surface area contributed by atoms with Crippen molar-refractivity contribution < 1.29 is 28.6 Å². The van der Waals surface area contributed by atoms with E-state index in [0.717, 1.165) is 28.6 Å². The number of fused-ring (bicyclic) bond motifs is 1. The number of carbonyl (C=O) groups is 3. The first-order valence-corrected chi connectivity index (χ1v) is 15.9. The number of amides is 3. The third-order valence-electron chi connectivity index (χ3n) is 7.43. The van der Waals surface area contributed by atoms with Crippen LogP contribution in [0, 0.1) is 0 Å². The monoisotopic (exact) mass is 700 g/mol. The van der Waals surface area contributed by atoms with Gasteiger partial charge in [-0.1, -0.05) is 15.9 Å². The normalized spacial score (nSPS) is 18.3. The largest absolute Gasteiger partial charge is 0.495 e. The summed E-state index contributed by atoms with van der Waals surface area (Å²) in [6, 6.07) is 3.86. The maximum Gasteiger partial charge on any atom is 0.413 e. The maximum absolute atomic E-state index is 13.7. The second kappa shape index (κ2) is 12.6. The van der Waals surface area contributed by atoms with Gasteiger partial charge in [0.15, 0.2) is 17.0 Å². The Morgan fingerprint density at radius 2 is 1.72 bits per heavy atom. The summed E-state index contributed by atoms with van der Waals surface area (Å²) in [5.74, 6) is 0.587. The quantitative estimate of drug-likeness (QED) is 0.299. The van der Waals surface area contributed by atoms with Crippen molar-refractivity contribution >= 4 is 56.7 Å². The lowest BCUT2D eigenvalue weighted by atomic mass is 9.97. The second-order valence-corrected chi connectivity index (χ2v) is 14.5. The summed E-state index contributed by atoms with van der Waals surface area (Å²) in [7, 11) is 1.59. The van der Waals surface area contributed by atoms with Crippen LogP contribution in [0.2, 0.25) is 0 Å². The first-order chi connectivity index (χ1) is 21.6.